The number of likely N-dealkylation sites (N-methyl/N-ethyl adjacent to an activating group) is 1. The van der Waals surface area contributed by atoms with Crippen LogP contribution in [0.15, 0.2) is 12.2 Å². The molecule has 0 aliphatic carbocycles. The smallest absolute Gasteiger partial charge is 0.340 e. The number of nitrogens with zero attached hydrogens (tertiary/aromatic N) is 2. The number of rotatable bonds is 19. The first-order valence-electron chi connectivity index (χ1n) is 13.0. The van der Waals surface area contributed by atoms with E-state index in [1.165, 1.54) is 51.4 Å². The van der Waals surface area contributed by atoms with Crippen molar-refractivity contribution in [3.63, 3.8) is 0 Å². The Morgan fingerprint density at radius 2 is 1.64 bits per heavy atom. The molecule has 7 nitrogen and oxygen atoms in total. The molecule has 1 saturated heterocycles. The second-order valence-corrected chi connectivity index (χ2v) is 11.7. The second-order valence-electron chi connectivity index (χ2n) is 10.3. The van der Waals surface area contributed by atoms with Gasteiger partial charge in [0.25, 0.3) is 0 Å². The van der Waals surface area contributed by atoms with Gasteiger partial charge in [-0.05, 0) is 38.5 Å². The number of carbonyl (C=O) groups is 1. The minimum Gasteiger partial charge on any atom is -0.340 e. The molecule has 1 fully saturated rings. The van der Waals surface area contributed by atoms with E-state index in [0.717, 1.165) is 19.3 Å². The fraction of sp³-hybridized carbons (Fsp3) is 0.880. The lowest BCUT2D eigenvalue weighted by Gasteiger charge is -2.24. The van der Waals surface area contributed by atoms with E-state index in [2.05, 4.69) is 19.1 Å². The van der Waals surface area contributed by atoms with Crippen LogP contribution in [0.4, 0.5) is 0 Å². The summed E-state index contributed by atoms with van der Waals surface area (Å²) in [5.41, 5.74) is 0. The Hall–Kier alpha value is -0.720. The highest BCUT2D eigenvalue weighted by Crippen LogP contribution is 2.45. The molecule has 1 heterocycles. The first-order valence-corrected chi connectivity index (χ1v) is 14.5. The van der Waals surface area contributed by atoms with Gasteiger partial charge in [0, 0.05) is 19.5 Å². The molecule has 2 atom stereocenters. The van der Waals surface area contributed by atoms with Gasteiger partial charge in [-0.3, -0.25) is 13.8 Å². The monoisotopic (exact) mass is 489 g/mol. The van der Waals surface area contributed by atoms with Crippen molar-refractivity contribution in [2.75, 3.05) is 47.4 Å². The van der Waals surface area contributed by atoms with E-state index < -0.39 is 13.9 Å². The third-order valence-corrected chi connectivity index (χ3v) is 7.02. The van der Waals surface area contributed by atoms with Gasteiger partial charge in [0.05, 0.1) is 27.2 Å². The molecule has 0 aromatic rings. The lowest BCUT2D eigenvalue weighted by molar-refractivity contribution is -0.870. The molecule has 0 aromatic carbocycles. The molecule has 8 heteroatoms. The molecule has 0 aromatic heterocycles. The number of phosphoric acid groups is 1. The predicted molar refractivity (Wildman–Crippen MR) is 135 cm³/mol. The summed E-state index contributed by atoms with van der Waals surface area (Å²) in [4.78, 5) is 24.1. The van der Waals surface area contributed by atoms with Crippen LogP contribution in [0.25, 0.3) is 0 Å². The van der Waals surface area contributed by atoms with Gasteiger partial charge in [0.1, 0.15) is 13.2 Å². The van der Waals surface area contributed by atoms with Crippen LogP contribution in [0.3, 0.4) is 0 Å². The molecule has 0 radical (unpaired) electrons. The van der Waals surface area contributed by atoms with Gasteiger partial charge < -0.3 is 14.3 Å². The summed E-state index contributed by atoms with van der Waals surface area (Å²) in [5.74, 6) is 0.117. The zero-order chi connectivity index (χ0) is 24.6. The number of phosphoric ester groups is 1. The third kappa shape index (κ3) is 16.5. The van der Waals surface area contributed by atoms with E-state index in [4.69, 9.17) is 9.05 Å². The highest BCUT2D eigenvalue weighted by molar-refractivity contribution is 7.47. The van der Waals surface area contributed by atoms with Crippen LogP contribution in [0, 0.1) is 0 Å². The molecule has 0 bridgehead atoms. The third-order valence-electron chi connectivity index (χ3n) is 5.95. The van der Waals surface area contributed by atoms with Crippen molar-refractivity contribution < 1.29 is 27.8 Å². The van der Waals surface area contributed by atoms with Crippen molar-refractivity contribution in [1.29, 1.82) is 0 Å². The fourth-order valence-corrected chi connectivity index (χ4v) is 4.76. The van der Waals surface area contributed by atoms with Crippen LogP contribution in [0.2, 0.25) is 0 Å². The second kappa shape index (κ2) is 16.8. The molecule has 33 heavy (non-hydrogen) atoms. The molecule has 1 rings (SSSR count). The number of carbonyl (C=O) groups excluding carboxylic acids is 1. The summed E-state index contributed by atoms with van der Waals surface area (Å²) in [6, 6.07) is 0. The van der Waals surface area contributed by atoms with E-state index in [9.17, 15) is 14.3 Å². The first-order chi connectivity index (χ1) is 15.6. The summed E-state index contributed by atoms with van der Waals surface area (Å²) >= 11 is 0. The van der Waals surface area contributed by atoms with Gasteiger partial charge >= 0.3 is 7.82 Å². The Morgan fingerprint density at radius 1 is 1.03 bits per heavy atom. The summed E-state index contributed by atoms with van der Waals surface area (Å²) < 4.78 is 23.2. The number of likely N-dealkylation sites (tertiary alicyclic amines) is 1. The average Bonchev–Trinajstić information content (AvgIpc) is 3.18. The highest BCUT2D eigenvalue weighted by atomic mass is 31.2. The van der Waals surface area contributed by atoms with Crippen molar-refractivity contribution in [2.45, 2.75) is 96.5 Å². The van der Waals surface area contributed by atoms with E-state index in [1.807, 2.05) is 21.1 Å². The predicted octanol–water partition coefficient (Wildman–Crippen LogP) is 5.68. The Kier molecular flexibility index (Phi) is 15.5. The van der Waals surface area contributed by atoms with E-state index >= 15 is 0 Å². The average molecular weight is 490 g/mol. The number of allylic oxidation sites excluding steroid dienone is 2. The lowest BCUT2D eigenvalue weighted by atomic mass is 10.1. The topological polar surface area (TPSA) is 76.1 Å². The number of amides is 1. The van der Waals surface area contributed by atoms with Crippen LogP contribution in [-0.2, 0) is 18.4 Å². The Labute approximate surface area is 202 Å². The SMILES string of the molecule is CCCCCC/C=C\CCCCCCCC(=O)N1CC[C@H](OP(=O)(O)OCC[N+](C)(C)C)C1. The molecular weight excluding hydrogens is 439 g/mol. The van der Waals surface area contributed by atoms with Gasteiger partial charge in [-0.25, -0.2) is 4.57 Å². The van der Waals surface area contributed by atoms with Gasteiger partial charge in [-0.15, -0.1) is 0 Å². The molecule has 1 N–H and O–H groups in total. The number of quaternary nitrogens is 1. The number of unbranched alkanes of at least 4 members (excludes halogenated alkanes) is 9. The maximum Gasteiger partial charge on any atom is 0.472 e. The molecule has 1 aliphatic rings. The van der Waals surface area contributed by atoms with Gasteiger partial charge in [-0.2, -0.15) is 0 Å². The molecule has 0 spiro atoms. The zero-order valence-electron chi connectivity index (χ0n) is 21.7. The Morgan fingerprint density at radius 3 is 2.27 bits per heavy atom. The van der Waals surface area contributed by atoms with Crippen LogP contribution in [0.1, 0.15) is 90.4 Å². The number of hydrogen-bond acceptors (Lipinski definition) is 4. The lowest BCUT2D eigenvalue weighted by Crippen LogP contribution is -2.37. The maximum absolute atomic E-state index is 12.4. The van der Waals surface area contributed by atoms with E-state index in [0.29, 0.717) is 37.0 Å². The Bertz CT molecular complexity index is 606. The van der Waals surface area contributed by atoms with Gasteiger partial charge in [-0.1, -0.05) is 57.6 Å². The van der Waals surface area contributed by atoms with Crippen LogP contribution < -0.4 is 0 Å². The molecule has 1 unspecified atom stereocenters. The van der Waals surface area contributed by atoms with E-state index in [1.54, 1.807) is 4.90 Å². The van der Waals surface area contributed by atoms with Crippen molar-refractivity contribution in [3.05, 3.63) is 12.2 Å². The zero-order valence-corrected chi connectivity index (χ0v) is 22.6. The van der Waals surface area contributed by atoms with Crippen molar-refractivity contribution >= 4 is 13.7 Å². The minimum absolute atomic E-state index is 0.117. The van der Waals surface area contributed by atoms with Gasteiger partial charge in [0.2, 0.25) is 5.91 Å². The van der Waals surface area contributed by atoms with Gasteiger partial charge in [0.15, 0.2) is 0 Å². The van der Waals surface area contributed by atoms with Crippen LogP contribution >= 0.6 is 7.82 Å². The number of hydrogen-bond donors (Lipinski definition) is 1. The largest absolute Gasteiger partial charge is 0.472 e. The molecule has 1 amide bonds. The summed E-state index contributed by atoms with van der Waals surface area (Å²) in [6.45, 7) is 3.95. The summed E-state index contributed by atoms with van der Waals surface area (Å²) in [6.07, 6.45) is 18.6. The van der Waals surface area contributed by atoms with E-state index in [-0.39, 0.29) is 12.5 Å². The van der Waals surface area contributed by atoms with Crippen LogP contribution in [-0.4, -0.2) is 73.7 Å². The Balaban J connectivity index is 2.06. The standard InChI is InChI=1S/C25H49N2O5P/c1-5-6-7-8-9-10-11-12-13-14-15-16-17-18-25(28)26-20-19-24(23-26)32-33(29,30)31-22-21-27(2,3)4/h10-11,24H,5-9,12-23H2,1-4H3/p+1/b11-10-/t24-/m0/s1. The van der Waals surface area contributed by atoms with Crippen molar-refractivity contribution in [2.24, 2.45) is 0 Å². The van der Waals surface area contributed by atoms with Crippen molar-refractivity contribution in [1.82, 2.24) is 4.90 Å². The first kappa shape index (κ1) is 30.3. The van der Waals surface area contributed by atoms with Crippen molar-refractivity contribution in [3.8, 4) is 0 Å². The molecule has 0 saturated carbocycles. The molecule has 1 aliphatic heterocycles. The summed E-state index contributed by atoms with van der Waals surface area (Å²) in [5, 5.41) is 0. The van der Waals surface area contributed by atoms with Crippen LogP contribution in [0.5, 0.6) is 0 Å². The fourth-order valence-electron chi connectivity index (χ4n) is 3.84. The quantitative estimate of drug-likeness (QED) is 0.109. The normalized spacial score (nSPS) is 18.8. The maximum atomic E-state index is 12.4. The molecule has 194 valence electrons. The summed E-state index contributed by atoms with van der Waals surface area (Å²) in [7, 11) is 1.87. The molecular formula is C25H50N2O5P+. The highest BCUT2D eigenvalue weighted by Gasteiger charge is 2.33. The minimum atomic E-state index is -4.09.